The summed E-state index contributed by atoms with van der Waals surface area (Å²) in [5.74, 6) is 0.634. The van der Waals surface area contributed by atoms with Crippen LogP contribution < -0.4 is 5.73 Å². The molecule has 0 aromatic heterocycles. The van der Waals surface area contributed by atoms with Gasteiger partial charge in [0.05, 0.1) is 26.2 Å². The standard InChI is InChI=1S/C12H24N2O3.ClH/c1-10-7-11(8-13)9-14(10)12(15)3-4-17-6-5-16-2;/h10-11H,3-9,13H2,1-2H3;1H. The lowest BCUT2D eigenvalue weighted by molar-refractivity contribution is -0.133. The van der Waals surface area contributed by atoms with Crippen molar-refractivity contribution in [1.29, 1.82) is 0 Å². The average Bonchev–Trinajstić information content (AvgIpc) is 2.70. The molecule has 0 saturated carbocycles. The van der Waals surface area contributed by atoms with Crippen LogP contribution in [0.5, 0.6) is 0 Å². The molecule has 0 radical (unpaired) electrons. The van der Waals surface area contributed by atoms with Crippen LogP contribution in [0, 0.1) is 5.92 Å². The van der Waals surface area contributed by atoms with Crippen LogP contribution in [-0.2, 0) is 14.3 Å². The van der Waals surface area contributed by atoms with Gasteiger partial charge in [0.15, 0.2) is 0 Å². The van der Waals surface area contributed by atoms with E-state index in [9.17, 15) is 4.79 Å². The van der Waals surface area contributed by atoms with Gasteiger partial charge in [0.2, 0.25) is 5.91 Å². The first-order chi connectivity index (χ1) is 8.19. The van der Waals surface area contributed by atoms with Crippen molar-refractivity contribution in [2.45, 2.75) is 25.8 Å². The van der Waals surface area contributed by atoms with E-state index in [2.05, 4.69) is 6.92 Å². The largest absolute Gasteiger partial charge is 0.382 e. The lowest BCUT2D eigenvalue weighted by Crippen LogP contribution is -2.35. The van der Waals surface area contributed by atoms with E-state index in [4.69, 9.17) is 15.2 Å². The molecular formula is C12H25ClN2O3. The van der Waals surface area contributed by atoms with Crippen LogP contribution >= 0.6 is 12.4 Å². The van der Waals surface area contributed by atoms with Gasteiger partial charge in [-0.25, -0.2) is 0 Å². The number of hydrogen-bond donors (Lipinski definition) is 1. The minimum atomic E-state index is 0. The maximum Gasteiger partial charge on any atom is 0.225 e. The summed E-state index contributed by atoms with van der Waals surface area (Å²) in [4.78, 5) is 13.9. The molecule has 1 amide bonds. The van der Waals surface area contributed by atoms with Crippen LogP contribution in [0.2, 0.25) is 0 Å². The second kappa shape index (κ2) is 9.55. The van der Waals surface area contributed by atoms with Crippen molar-refractivity contribution in [2.24, 2.45) is 11.7 Å². The van der Waals surface area contributed by atoms with Gasteiger partial charge in [-0.3, -0.25) is 4.79 Å². The number of hydrogen-bond acceptors (Lipinski definition) is 4. The van der Waals surface area contributed by atoms with Gasteiger partial charge in [-0.05, 0) is 25.8 Å². The zero-order chi connectivity index (χ0) is 12.7. The first-order valence-electron chi connectivity index (χ1n) is 6.25. The molecule has 1 aliphatic rings. The molecule has 5 nitrogen and oxygen atoms in total. The van der Waals surface area contributed by atoms with Crippen molar-refractivity contribution in [2.75, 3.05) is 40.0 Å². The molecular weight excluding hydrogens is 256 g/mol. The molecule has 0 aromatic carbocycles. The highest BCUT2D eigenvalue weighted by Crippen LogP contribution is 2.22. The van der Waals surface area contributed by atoms with Gasteiger partial charge in [-0.1, -0.05) is 0 Å². The minimum Gasteiger partial charge on any atom is -0.382 e. The van der Waals surface area contributed by atoms with Crippen LogP contribution in [0.4, 0.5) is 0 Å². The molecule has 18 heavy (non-hydrogen) atoms. The molecule has 0 aromatic rings. The highest BCUT2D eigenvalue weighted by atomic mass is 35.5. The van der Waals surface area contributed by atoms with Gasteiger partial charge in [-0.15, -0.1) is 12.4 Å². The molecule has 1 rings (SSSR count). The van der Waals surface area contributed by atoms with Crippen LogP contribution in [-0.4, -0.2) is 56.9 Å². The lowest BCUT2D eigenvalue weighted by atomic mass is 10.1. The third-order valence-corrected chi connectivity index (χ3v) is 3.21. The maximum absolute atomic E-state index is 11.9. The molecule has 0 spiro atoms. The Kier molecular flexibility index (Phi) is 9.36. The van der Waals surface area contributed by atoms with Crippen molar-refractivity contribution in [3.63, 3.8) is 0 Å². The Morgan fingerprint density at radius 3 is 2.67 bits per heavy atom. The Labute approximate surface area is 115 Å². The Hall–Kier alpha value is -0.360. The van der Waals surface area contributed by atoms with Crippen LogP contribution in [0.3, 0.4) is 0 Å². The number of carbonyl (C=O) groups excluding carboxylic acids is 1. The third-order valence-electron chi connectivity index (χ3n) is 3.21. The number of nitrogens with zero attached hydrogens (tertiary/aromatic N) is 1. The fraction of sp³-hybridized carbons (Fsp3) is 0.917. The molecule has 0 bridgehead atoms. The van der Waals surface area contributed by atoms with Crippen molar-refractivity contribution in [3.8, 4) is 0 Å². The summed E-state index contributed by atoms with van der Waals surface area (Å²) < 4.78 is 10.2. The van der Waals surface area contributed by atoms with Crippen molar-refractivity contribution in [3.05, 3.63) is 0 Å². The van der Waals surface area contributed by atoms with Crippen LogP contribution in [0.1, 0.15) is 19.8 Å². The number of ether oxygens (including phenoxy) is 2. The van der Waals surface area contributed by atoms with Gasteiger partial charge < -0.3 is 20.1 Å². The summed E-state index contributed by atoms with van der Waals surface area (Å²) in [6.45, 7) is 5.14. The Morgan fingerprint density at radius 2 is 2.11 bits per heavy atom. The van der Waals surface area contributed by atoms with Crippen molar-refractivity contribution < 1.29 is 14.3 Å². The number of methoxy groups -OCH3 is 1. The predicted molar refractivity (Wildman–Crippen MR) is 72.9 cm³/mol. The first kappa shape index (κ1) is 17.6. The lowest BCUT2D eigenvalue weighted by Gasteiger charge is -2.21. The van der Waals surface area contributed by atoms with Gasteiger partial charge in [-0.2, -0.15) is 0 Å². The minimum absolute atomic E-state index is 0. The van der Waals surface area contributed by atoms with Gasteiger partial charge in [0.25, 0.3) is 0 Å². The Balaban J connectivity index is 0.00000289. The summed E-state index contributed by atoms with van der Waals surface area (Å²) in [6, 6.07) is 0.315. The summed E-state index contributed by atoms with van der Waals surface area (Å²) in [7, 11) is 1.63. The zero-order valence-electron chi connectivity index (χ0n) is 11.3. The fourth-order valence-electron chi connectivity index (χ4n) is 2.21. The summed E-state index contributed by atoms with van der Waals surface area (Å²) in [5.41, 5.74) is 5.64. The Bertz CT molecular complexity index is 241. The maximum atomic E-state index is 11.9. The average molecular weight is 281 g/mol. The molecule has 6 heteroatoms. The molecule has 2 unspecified atom stereocenters. The Morgan fingerprint density at radius 1 is 1.39 bits per heavy atom. The van der Waals surface area contributed by atoms with E-state index in [1.807, 2.05) is 4.90 Å². The van der Waals surface area contributed by atoms with Gasteiger partial charge in [0, 0.05) is 19.7 Å². The molecule has 108 valence electrons. The fourth-order valence-corrected chi connectivity index (χ4v) is 2.21. The molecule has 1 fully saturated rings. The van der Waals surface area contributed by atoms with Crippen LogP contribution in [0.25, 0.3) is 0 Å². The van der Waals surface area contributed by atoms with E-state index in [0.717, 1.165) is 13.0 Å². The first-order valence-corrected chi connectivity index (χ1v) is 6.25. The monoisotopic (exact) mass is 280 g/mol. The van der Waals surface area contributed by atoms with Gasteiger partial charge in [0.1, 0.15) is 0 Å². The van der Waals surface area contributed by atoms with Gasteiger partial charge >= 0.3 is 0 Å². The van der Waals surface area contributed by atoms with Crippen molar-refractivity contribution in [1.82, 2.24) is 4.90 Å². The summed E-state index contributed by atoms with van der Waals surface area (Å²) >= 11 is 0. The number of amides is 1. The highest BCUT2D eigenvalue weighted by molar-refractivity contribution is 5.85. The molecule has 1 heterocycles. The van der Waals surface area contributed by atoms with Crippen molar-refractivity contribution >= 4 is 18.3 Å². The van der Waals surface area contributed by atoms with E-state index in [1.165, 1.54) is 0 Å². The zero-order valence-corrected chi connectivity index (χ0v) is 12.1. The summed E-state index contributed by atoms with van der Waals surface area (Å²) in [5, 5.41) is 0. The smallest absolute Gasteiger partial charge is 0.225 e. The number of nitrogens with two attached hydrogens (primary N) is 1. The molecule has 1 aliphatic heterocycles. The quantitative estimate of drug-likeness (QED) is 0.696. The van der Waals surface area contributed by atoms with E-state index in [0.29, 0.717) is 44.7 Å². The van der Waals surface area contributed by atoms with E-state index in [-0.39, 0.29) is 18.3 Å². The highest BCUT2D eigenvalue weighted by Gasteiger charge is 2.30. The number of likely N-dealkylation sites (tertiary alicyclic amines) is 1. The number of halogens is 1. The predicted octanol–water partition coefficient (Wildman–Crippen LogP) is 0.657. The second-order valence-electron chi connectivity index (χ2n) is 4.59. The summed E-state index contributed by atoms with van der Waals surface area (Å²) in [6.07, 6.45) is 1.47. The normalized spacial score (nSPS) is 22.9. The van der Waals surface area contributed by atoms with E-state index >= 15 is 0 Å². The van der Waals surface area contributed by atoms with E-state index in [1.54, 1.807) is 7.11 Å². The third kappa shape index (κ3) is 5.52. The SMILES string of the molecule is COCCOCCC(=O)N1CC(CN)CC1C.Cl. The molecule has 2 atom stereocenters. The second-order valence-corrected chi connectivity index (χ2v) is 4.59. The van der Waals surface area contributed by atoms with E-state index < -0.39 is 0 Å². The number of rotatable bonds is 7. The van der Waals surface area contributed by atoms with Crippen LogP contribution in [0.15, 0.2) is 0 Å². The number of carbonyl (C=O) groups is 1. The topological polar surface area (TPSA) is 64.8 Å². The molecule has 2 N–H and O–H groups in total. The molecule has 0 aliphatic carbocycles. The molecule has 1 saturated heterocycles.